The molecule has 2 fully saturated rings. The predicted molar refractivity (Wildman–Crippen MR) is 121 cm³/mol. The van der Waals surface area contributed by atoms with Crippen molar-refractivity contribution in [3.63, 3.8) is 0 Å². The van der Waals surface area contributed by atoms with Gasteiger partial charge < -0.3 is 20.0 Å². The third-order valence-corrected chi connectivity index (χ3v) is 7.07. The fraction of sp³-hybridized carbons (Fsp3) is 0.400. The highest BCUT2D eigenvalue weighted by Crippen LogP contribution is 2.30. The average Bonchev–Trinajstić information content (AvgIpc) is 3.65. The van der Waals surface area contributed by atoms with Crippen molar-refractivity contribution in [2.75, 3.05) is 26.2 Å². The van der Waals surface area contributed by atoms with Crippen molar-refractivity contribution in [3.05, 3.63) is 48.1 Å². The molecule has 0 radical (unpaired) electrons. The summed E-state index contributed by atoms with van der Waals surface area (Å²) in [6.45, 7) is 0.306. The van der Waals surface area contributed by atoms with E-state index in [1.54, 1.807) is 24.5 Å². The fourth-order valence-corrected chi connectivity index (χ4v) is 5.41. The van der Waals surface area contributed by atoms with E-state index in [0.717, 1.165) is 0 Å². The molecule has 4 bridgehead atoms. The number of fused-ring (bicyclic) bond motifs is 4. The van der Waals surface area contributed by atoms with Crippen LogP contribution in [0.3, 0.4) is 0 Å². The first-order valence-electron chi connectivity index (χ1n) is 11.3. The van der Waals surface area contributed by atoms with E-state index in [9.17, 15) is 28.2 Å². The molecule has 37 heavy (non-hydrogen) atoms. The van der Waals surface area contributed by atoms with Crippen LogP contribution in [0.1, 0.15) is 11.1 Å². The van der Waals surface area contributed by atoms with Crippen molar-refractivity contribution in [3.8, 4) is 0 Å². The van der Waals surface area contributed by atoms with Crippen LogP contribution in [0.25, 0.3) is 11.4 Å². The van der Waals surface area contributed by atoms with Crippen LogP contribution in [0.15, 0.2) is 36.9 Å². The maximum Gasteiger partial charge on any atom is 0.442 e. The molecule has 2 unspecified atom stereocenters. The number of hydrogen-bond donors (Lipinski definition) is 2. The van der Waals surface area contributed by atoms with Crippen LogP contribution in [0.5, 0.6) is 0 Å². The maximum atomic E-state index is 12.8. The van der Waals surface area contributed by atoms with Gasteiger partial charge in [0.05, 0.1) is 50.1 Å². The summed E-state index contributed by atoms with van der Waals surface area (Å²) >= 11 is 0. The molecule has 4 amide bonds. The lowest BCUT2D eigenvalue weighted by molar-refractivity contribution is -0.0723. The maximum absolute atomic E-state index is 12.8. The van der Waals surface area contributed by atoms with Gasteiger partial charge in [-0.05, 0) is 12.2 Å². The molecule has 2 saturated heterocycles. The molecule has 6 heterocycles. The number of nitrogens with zero attached hydrogens (tertiary/aromatic N) is 8. The van der Waals surface area contributed by atoms with Gasteiger partial charge in [-0.25, -0.2) is 19.0 Å². The third-order valence-electron chi connectivity index (χ3n) is 6.38. The number of carbonyl (C=O) groups excluding carboxylic acids is 2. The lowest BCUT2D eigenvalue weighted by Crippen LogP contribution is -2.40. The second-order valence-electron chi connectivity index (χ2n) is 8.89. The Kier molecular flexibility index (Phi) is 5.53. The molecule has 0 saturated carbocycles. The zero-order valence-electron chi connectivity index (χ0n) is 19.2. The number of aromatic nitrogens is 4. The average molecular weight is 535 g/mol. The van der Waals surface area contributed by atoms with Crippen molar-refractivity contribution in [2.24, 2.45) is 0 Å². The molecule has 4 aliphatic heterocycles. The zero-order chi connectivity index (χ0) is 25.9. The van der Waals surface area contributed by atoms with E-state index in [0.29, 0.717) is 32.6 Å². The number of amides is 4. The molecule has 0 aliphatic carbocycles. The van der Waals surface area contributed by atoms with E-state index >= 15 is 0 Å². The van der Waals surface area contributed by atoms with Crippen LogP contribution >= 0.6 is 0 Å². The van der Waals surface area contributed by atoms with Crippen LogP contribution in [-0.2, 0) is 32.2 Å². The SMILES string of the molecule is O=C1N2CC(n3cc(CO)cn3)=CC(C2)N1OS(=O)(=O)ON1C(=O)N2CC(n3cc(CO)cn3)=CC1C2. The molecular formula is C20H22N8O8S. The molecule has 2 atom stereocenters. The van der Waals surface area contributed by atoms with Gasteiger partial charge >= 0.3 is 22.5 Å². The number of hydrogen-bond acceptors (Lipinski definition) is 10. The van der Waals surface area contributed by atoms with E-state index in [4.69, 9.17) is 8.57 Å². The molecule has 0 spiro atoms. The summed E-state index contributed by atoms with van der Waals surface area (Å²) in [5.74, 6) is 0. The Balaban J connectivity index is 1.18. The summed E-state index contributed by atoms with van der Waals surface area (Å²) in [4.78, 5) is 28.4. The fourth-order valence-electron chi connectivity index (χ4n) is 4.64. The first kappa shape index (κ1) is 23.6. The minimum absolute atomic E-state index is 0.156. The summed E-state index contributed by atoms with van der Waals surface area (Å²) in [5, 5.41) is 28.2. The van der Waals surface area contributed by atoms with Crippen LogP contribution in [0.2, 0.25) is 0 Å². The lowest BCUT2D eigenvalue weighted by atomic mass is 10.2. The van der Waals surface area contributed by atoms with E-state index < -0.39 is 34.5 Å². The smallest absolute Gasteiger partial charge is 0.392 e. The highest BCUT2D eigenvalue weighted by Gasteiger charge is 2.47. The van der Waals surface area contributed by atoms with E-state index in [1.165, 1.54) is 31.6 Å². The molecule has 2 aromatic rings. The first-order chi connectivity index (χ1) is 17.7. The van der Waals surface area contributed by atoms with Gasteiger partial charge in [-0.2, -0.15) is 28.7 Å². The number of hydroxylamine groups is 4. The Labute approximate surface area is 210 Å². The molecule has 0 aromatic carbocycles. The van der Waals surface area contributed by atoms with Crippen molar-refractivity contribution in [1.82, 2.24) is 39.5 Å². The number of rotatable bonds is 8. The summed E-state index contributed by atoms with van der Waals surface area (Å²) in [5.41, 5.74) is 2.37. The van der Waals surface area contributed by atoms with Gasteiger partial charge in [-0.15, -0.1) is 8.57 Å². The van der Waals surface area contributed by atoms with Crippen LogP contribution < -0.4 is 0 Å². The molecule has 2 aromatic heterocycles. The van der Waals surface area contributed by atoms with Crippen LogP contribution in [-0.4, -0.2) is 108 Å². The zero-order valence-corrected chi connectivity index (χ0v) is 20.0. The van der Waals surface area contributed by atoms with Gasteiger partial charge in [0.1, 0.15) is 12.1 Å². The summed E-state index contributed by atoms with van der Waals surface area (Å²) in [7, 11) is -4.87. The van der Waals surface area contributed by atoms with Crippen LogP contribution in [0, 0.1) is 0 Å². The van der Waals surface area contributed by atoms with Gasteiger partial charge in [0.2, 0.25) is 0 Å². The van der Waals surface area contributed by atoms with Gasteiger partial charge in [0.25, 0.3) is 0 Å². The van der Waals surface area contributed by atoms with Crippen molar-refractivity contribution >= 4 is 33.9 Å². The normalized spacial score (nSPS) is 23.3. The molecule has 6 rings (SSSR count). The third kappa shape index (κ3) is 4.15. The minimum atomic E-state index is -4.87. The second-order valence-corrected chi connectivity index (χ2v) is 10.0. The van der Waals surface area contributed by atoms with Gasteiger partial charge in [-0.1, -0.05) is 0 Å². The molecular weight excluding hydrogens is 512 g/mol. The summed E-state index contributed by atoms with van der Waals surface area (Å²) < 4.78 is 38.6. The highest BCUT2D eigenvalue weighted by atomic mass is 32.3. The number of urea groups is 2. The second kappa shape index (κ2) is 8.67. The van der Waals surface area contributed by atoms with Crippen LogP contribution in [0.4, 0.5) is 9.59 Å². The Bertz CT molecular complexity index is 1330. The Morgan fingerprint density at radius 2 is 1.24 bits per heavy atom. The lowest BCUT2D eigenvalue weighted by Gasteiger charge is -2.22. The van der Waals surface area contributed by atoms with E-state index in [2.05, 4.69) is 10.2 Å². The number of aliphatic hydroxyl groups excluding tert-OH is 2. The first-order valence-corrected chi connectivity index (χ1v) is 12.6. The van der Waals surface area contributed by atoms with E-state index in [-0.39, 0.29) is 39.4 Å². The standard InChI is InChI=1S/C20H22N8O8S/c29-11-13-3-21-25(5-13)15-1-17-9-23(7-15)19(31)27(17)35-37(33,34)36-28-18-2-16(8-24(10-18)20(28)32)26-6-14(12-30)4-22-26/h1-6,17-18,29-30H,7-12H2. The van der Waals surface area contributed by atoms with E-state index in [1.807, 2.05) is 0 Å². The van der Waals surface area contributed by atoms with Crippen molar-refractivity contribution in [1.29, 1.82) is 0 Å². The van der Waals surface area contributed by atoms with Gasteiger partial charge in [0, 0.05) is 36.6 Å². The summed E-state index contributed by atoms with van der Waals surface area (Å²) in [6.07, 6.45) is 9.47. The molecule has 196 valence electrons. The largest absolute Gasteiger partial charge is 0.442 e. The Morgan fingerprint density at radius 1 is 0.811 bits per heavy atom. The Morgan fingerprint density at radius 3 is 1.62 bits per heavy atom. The van der Waals surface area contributed by atoms with Crippen molar-refractivity contribution in [2.45, 2.75) is 25.3 Å². The highest BCUT2D eigenvalue weighted by molar-refractivity contribution is 7.81. The van der Waals surface area contributed by atoms with Crippen molar-refractivity contribution < 1.29 is 36.8 Å². The molecule has 2 N–H and O–H groups in total. The topological polar surface area (TPSA) is 176 Å². The summed E-state index contributed by atoms with van der Waals surface area (Å²) in [6, 6.07) is -2.87. The Hall–Kier alpha value is -3.77. The quantitative estimate of drug-likeness (QED) is 0.418. The molecule has 4 aliphatic rings. The van der Waals surface area contributed by atoms with Gasteiger partial charge in [0.15, 0.2) is 0 Å². The monoisotopic (exact) mass is 534 g/mol. The predicted octanol–water partition coefficient (Wildman–Crippen LogP) is -1.21. The minimum Gasteiger partial charge on any atom is -0.392 e. The number of carbonyl (C=O) groups is 2. The molecule has 17 heteroatoms. The van der Waals surface area contributed by atoms with Gasteiger partial charge in [-0.3, -0.25) is 0 Å². The number of aliphatic hydroxyl groups is 2. The molecule has 16 nitrogen and oxygen atoms in total.